The summed E-state index contributed by atoms with van der Waals surface area (Å²) in [4.78, 5) is 13.4. The molecule has 1 aromatic rings. The van der Waals surface area contributed by atoms with E-state index in [0.717, 1.165) is 10.2 Å². The maximum atomic E-state index is 11.6. The van der Waals surface area contributed by atoms with Crippen LogP contribution in [-0.2, 0) is 4.79 Å². The van der Waals surface area contributed by atoms with Crippen molar-refractivity contribution in [3.63, 3.8) is 0 Å². The molecule has 0 saturated carbocycles. The van der Waals surface area contributed by atoms with Crippen LogP contribution in [0.15, 0.2) is 28.7 Å². The van der Waals surface area contributed by atoms with Gasteiger partial charge in [-0.2, -0.15) is 5.26 Å². The van der Waals surface area contributed by atoms with Gasteiger partial charge in [0.2, 0.25) is 5.91 Å². The number of likely N-dealkylation sites (N-methyl/N-ethyl adjacent to an activating group) is 1. The van der Waals surface area contributed by atoms with E-state index in [9.17, 15) is 4.79 Å². The van der Waals surface area contributed by atoms with Crippen LogP contribution in [0.2, 0.25) is 0 Å². The van der Waals surface area contributed by atoms with E-state index in [1.807, 2.05) is 42.3 Å². The molecule has 0 aliphatic heterocycles. The van der Waals surface area contributed by atoms with Crippen molar-refractivity contribution in [3.8, 4) is 6.07 Å². The van der Waals surface area contributed by atoms with Crippen molar-refractivity contribution in [1.82, 2.24) is 4.90 Å². The van der Waals surface area contributed by atoms with E-state index >= 15 is 0 Å². The number of amides is 1. The predicted octanol–water partition coefficient (Wildman–Crippen LogP) is 2.23. The number of carbonyl (C=O) groups is 1. The van der Waals surface area contributed by atoms with Crippen molar-refractivity contribution in [2.24, 2.45) is 0 Å². The largest absolute Gasteiger partial charge is 0.325 e. The van der Waals surface area contributed by atoms with Crippen LogP contribution in [0.4, 0.5) is 5.69 Å². The number of halogens is 1. The topological polar surface area (TPSA) is 56.1 Å². The Bertz CT molecular complexity index is 411. The van der Waals surface area contributed by atoms with Crippen LogP contribution in [-0.4, -0.2) is 30.9 Å². The molecule has 0 fully saturated rings. The highest BCUT2D eigenvalue weighted by Gasteiger charge is 2.06. The first-order valence-electron chi connectivity index (χ1n) is 5.22. The van der Waals surface area contributed by atoms with Crippen molar-refractivity contribution in [2.75, 3.05) is 25.5 Å². The number of rotatable bonds is 5. The summed E-state index contributed by atoms with van der Waals surface area (Å²) in [5.74, 6) is -0.0761. The third-order valence-corrected chi connectivity index (χ3v) is 2.68. The molecule has 0 aliphatic rings. The van der Waals surface area contributed by atoms with E-state index in [4.69, 9.17) is 5.26 Å². The first-order valence-corrected chi connectivity index (χ1v) is 6.02. The van der Waals surface area contributed by atoms with Crippen LogP contribution >= 0.6 is 15.9 Å². The van der Waals surface area contributed by atoms with Crippen molar-refractivity contribution in [1.29, 1.82) is 5.26 Å². The molecule has 90 valence electrons. The molecule has 0 aromatic heterocycles. The molecule has 0 bridgehead atoms. The van der Waals surface area contributed by atoms with E-state index in [2.05, 4.69) is 21.2 Å². The van der Waals surface area contributed by atoms with Gasteiger partial charge < -0.3 is 5.32 Å². The first-order chi connectivity index (χ1) is 8.11. The number of hydrogen-bond donors (Lipinski definition) is 1. The summed E-state index contributed by atoms with van der Waals surface area (Å²) >= 11 is 3.33. The van der Waals surface area contributed by atoms with Crippen molar-refractivity contribution >= 4 is 27.5 Å². The number of hydrogen-bond acceptors (Lipinski definition) is 3. The fourth-order valence-electron chi connectivity index (χ4n) is 1.30. The lowest BCUT2D eigenvalue weighted by atomic mass is 10.3. The van der Waals surface area contributed by atoms with E-state index in [-0.39, 0.29) is 12.5 Å². The van der Waals surface area contributed by atoms with Gasteiger partial charge in [0.15, 0.2) is 0 Å². The number of carbonyl (C=O) groups excluding carboxylic acids is 1. The Morgan fingerprint density at radius 1 is 1.47 bits per heavy atom. The van der Waals surface area contributed by atoms with Crippen molar-refractivity contribution < 1.29 is 4.79 Å². The monoisotopic (exact) mass is 295 g/mol. The van der Waals surface area contributed by atoms with Gasteiger partial charge in [0.05, 0.1) is 12.6 Å². The molecule has 1 amide bonds. The molecule has 1 N–H and O–H groups in total. The average molecular weight is 296 g/mol. The Morgan fingerprint density at radius 3 is 2.71 bits per heavy atom. The SMILES string of the molecule is CN(CCC#N)CC(=O)Nc1ccc(Br)cc1. The number of anilines is 1. The van der Waals surface area contributed by atoms with Crippen LogP contribution in [0.5, 0.6) is 0 Å². The molecule has 0 radical (unpaired) electrons. The molecule has 0 saturated heterocycles. The minimum absolute atomic E-state index is 0.0761. The summed E-state index contributed by atoms with van der Waals surface area (Å²) in [6.45, 7) is 0.891. The molecule has 0 aliphatic carbocycles. The Labute approximate surface area is 109 Å². The molecular weight excluding hydrogens is 282 g/mol. The Hall–Kier alpha value is -1.38. The zero-order valence-corrected chi connectivity index (χ0v) is 11.2. The van der Waals surface area contributed by atoms with E-state index in [1.54, 1.807) is 0 Å². The van der Waals surface area contributed by atoms with Crippen LogP contribution in [0, 0.1) is 11.3 Å². The second-order valence-corrected chi connectivity index (χ2v) is 4.62. The van der Waals surface area contributed by atoms with E-state index < -0.39 is 0 Å². The number of nitrogens with one attached hydrogen (secondary N) is 1. The second-order valence-electron chi connectivity index (χ2n) is 3.70. The van der Waals surface area contributed by atoms with Crippen molar-refractivity contribution in [2.45, 2.75) is 6.42 Å². The minimum atomic E-state index is -0.0761. The molecular formula is C12H14BrN3O. The van der Waals surface area contributed by atoms with Gasteiger partial charge in [0.25, 0.3) is 0 Å². The lowest BCUT2D eigenvalue weighted by Crippen LogP contribution is -2.30. The fourth-order valence-corrected chi connectivity index (χ4v) is 1.56. The van der Waals surface area contributed by atoms with Gasteiger partial charge in [0, 0.05) is 23.1 Å². The van der Waals surface area contributed by atoms with Gasteiger partial charge in [-0.1, -0.05) is 15.9 Å². The van der Waals surface area contributed by atoms with Crippen molar-refractivity contribution in [3.05, 3.63) is 28.7 Å². The zero-order chi connectivity index (χ0) is 12.7. The highest BCUT2D eigenvalue weighted by atomic mass is 79.9. The Balaban J connectivity index is 2.39. The quantitative estimate of drug-likeness (QED) is 0.906. The smallest absolute Gasteiger partial charge is 0.238 e. The summed E-state index contributed by atoms with van der Waals surface area (Å²) < 4.78 is 0.974. The van der Waals surface area contributed by atoms with Crippen LogP contribution in [0.25, 0.3) is 0 Å². The van der Waals surface area contributed by atoms with Gasteiger partial charge in [-0.15, -0.1) is 0 Å². The van der Waals surface area contributed by atoms with Gasteiger partial charge in [-0.25, -0.2) is 0 Å². The lowest BCUT2D eigenvalue weighted by Gasteiger charge is -2.14. The standard InChI is InChI=1S/C12H14BrN3O/c1-16(8-2-7-14)9-12(17)15-11-5-3-10(13)4-6-11/h3-6H,2,8-9H2,1H3,(H,15,17). The highest BCUT2D eigenvalue weighted by molar-refractivity contribution is 9.10. The van der Waals surface area contributed by atoms with Gasteiger partial charge in [0.1, 0.15) is 0 Å². The van der Waals surface area contributed by atoms with Gasteiger partial charge in [-0.3, -0.25) is 9.69 Å². The molecule has 0 heterocycles. The van der Waals surface area contributed by atoms with Crippen LogP contribution in [0.3, 0.4) is 0 Å². The van der Waals surface area contributed by atoms with Gasteiger partial charge in [-0.05, 0) is 31.3 Å². The number of nitriles is 1. The molecule has 17 heavy (non-hydrogen) atoms. The highest BCUT2D eigenvalue weighted by Crippen LogP contribution is 2.13. The summed E-state index contributed by atoms with van der Waals surface area (Å²) in [6, 6.07) is 9.45. The molecule has 1 aromatic carbocycles. The van der Waals surface area contributed by atoms with E-state index in [0.29, 0.717) is 13.0 Å². The van der Waals surface area contributed by atoms with Crippen LogP contribution in [0.1, 0.15) is 6.42 Å². The van der Waals surface area contributed by atoms with Gasteiger partial charge >= 0.3 is 0 Å². The summed E-state index contributed by atoms with van der Waals surface area (Å²) in [7, 11) is 1.82. The van der Waals surface area contributed by atoms with Crippen LogP contribution < -0.4 is 5.32 Å². The molecule has 0 spiro atoms. The number of benzene rings is 1. The minimum Gasteiger partial charge on any atom is -0.325 e. The summed E-state index contributed by atoms with van der Waals surface area (Å²) in [5, 5.41) is 11.2. The summed E-state index contributed by atoms with van der Waals surface area (Å²) in [5.41, 5.74) is 0.770. The average Bonchev–Trinajstić information content (AvgIpc) is 2.29. The molecule has 4 nitrogen and oxygen atoms in total. The molecule has 5 heteroatoms. The first kappa shape index (κ1) is 13.7. The fraction of sp³-hybridized carbons (Fsp3) is 0.333. The molecule has 0 atom stereocenters. The number of nitrogens with zero attached hydrogens (tertiary/aromatic N) is 2. The predicted molar refractivity (Wildman–Crippen MR) is 70.5 cm³/mol. The maximum absolute atomic E-state index is 11.6. The molecule has 1 rings (SSSR count). The third-order valence-electron chi connectivity index (χ3n) is 2.15. The normalized spacial score (nSPS) is 10.0. The molecule has 0 unspecified atom stereocenters. The maximum Gasteiger partial charge on any atom is 0.238 e. The zero-order valence-electron chi connectivity index (χ0n) is 9.61. The Kier molecular flexibility index (Phi) is 5.67. The second kappa shape index (κ2) is 7.05. The Morgan fingerprint density at radius 2 is 2.12 bits per heavy atom. The summed E-state index contributed by atoms with van der Waals surface area (Å²) in [6.07, 6.45) is 0.433. The lowest BCUT2D eigenvalue weighted by molar-refractivity contribution is -0.117. The van der Waals surface area contributed by atoms with E-state index in [1.165, 1.54) is 0 Å². The third kappa shape index (κ3) is 5.48.